The number of hydrogen-bond donors (Lipinski definition) is 2. The standard InChI is InChI=1S/C24H31ClN2O5/c1-16-7-10-19(14-21(16)25)6-5-11-26-23(29)20-15-27(24(30)22(20)28)12-13-32-18(3)9-8-17(2)31-4/h7-10,14,28H,5-6,11-13,15H2,1-4H3,(H,26,29)/b17-8+,18-9+. The third-order valence-electron chi connectivity index (χ3n) is 5.13. The molecule has 1 heterocycles. The fourth-order valence-electron chi connectivity index (χ4n) is 3.04. The normalized spacial score (nSPS) is 14.8. The van der Waals surface area contributed by atoms with Crippen molar-refractivity contribution in [3.8, 4) is 0 Å². The van der Waals surface area contributed by atoms with Gasteiger partial charge in [0.15, 0.2) is 5.76 Å². The predicted octanol–water partition coefficient (Wildman–Crippen LogP) is 3.82. The van der Waals surface area contributed by atoms with Crippen LogP contribution >= 0.6 is 11.6 Å². The van der Waals surface area contributed by atoms with Gasteiger partial charge in [-0.2, -0.15) is 0 Å². The lowest BCUT2D eigenvalue weighted by Gasteiger charge is -2.16. The van der Waals surface area contributed by atoms with E-state index in [9.17, 15) is 14.7 Å². The summed E-state index contributed by atoms with van der Waals surface area (Å²) >= 11 is 6.13. The Kier molecular flexibility index (Phi) is 9.65. The number of aryl methyl sites for hydroxylation is 2. The molecule has 8 heteroatoms. The third-order valence-corrected chi connectivity index (χ3v) is 5.54. The molecule has 2 amide bonds. The van der Waals surface area contributed by atoms with Crippen LogP contribution in [-0.2, 0) is 25.5 Å². The van der Waals surface area contributed by atoms with E-state index in [0.29, 0.717) is 18.7 Å². The number of ether oxygens (including phenoxy) is 2. The van der Waals surface area contributed by atoms with Crippen LogP contribution in [0.5, 0.6) is 0 Å². The lowest BCUT2D eigenvalue weighted by Crippen LogP contribution is -2.32. The molecule has 0 radical (unpaired) electrons. The van der Waals surface area contributed by atoms with E-state index in [1.165, 1.54) is 4.90 Å². The number of benzene rings is 1. The third kappa shape index (κ3) is 7.34. The van der Waals surface area contributed by atoms with Crippen molar-refractivity contribution in [2.45, 2.75) is 33.6 Å². The molecule has 0 aromatic heterocycles. The summed E-state index contributed by atoms with van der Waals surface area (Å²) in [7, 11) is 1.59. The second kappa shape index (κ2) is 12.2. The molecule has 0 saturated heterocycles. The number of amides is 2. The van der Waals surface area contributed by atoms with Gasteiger partial charge in [0.05, 0.1) is 37.3 Å². The van der Waals surface area contributed by atoms with Crippen molar-refractivity contribution in [1.82, 2.24) is 10.2 Å². The highest BCUT2D eigenvalue weighted by atomic mass is 35.5. The highest BCUT2D eigenvalue weighted by Crippen LogP contribution is 2.19. The second-order valence-electron chi connectivity index (χ2n) is 7.60. The van der Waals surface area contributed by atoms with Gasteiger partial charge in [-0.3, -0.25) is 9.59 Å². The Labute approximate surface area is 194 Å². The van der Waals surface area contributed by atoms with Crippen molar-refractivity contribution in [2.75, 3.05) is 33.4 Å². The summed E-state index contributed by atoms with van der Waals surface area (Å²) in [6.07, 6.45) is 5.02. The zero-order chi connectivity index (χ0) is 23.7. The van der Waals surface area contributed by atoms with E-state index in [1.54, 1.807) is 26.2 Å². The molecule has 174 valence electrons. The number of carbonyl (C=O) groups is 2. The molecule has 2 N–H and O–H groups in total. The van der Waals surface area contributed by atoms with Gasteiger partial charge in [-0.25, -0.2) is 0 Å². The molecule has 1 aliphatic rings. The van der Waals surface area contributed by atoms with Gasteiger partial charge in [0.1, 0.15) is 6.61 Å². The number of carbonyl (C=O) groups excluding carboxylic acids is 2. The Morgan fingerprint density at radius 1 is 1.28 bits per heavy atom. The van der Waals surface area contributed by atoms with Gasteiger partial charge in [0.2, 0.25) is 0 Å². The molecular formula is C24H31ClN2O5. The van der Waals surface area contributed by atoms with Crippen molar-refractivity contribution in [3.63, 3.8) is 0 Å². The van der Waals surface area contributed by atoms with Crippen LogP contribution in [0.15, 0.2) is 53.2 Å². The first-order valence-electron chi connectivity index (χ1n) is 10.5. The van der Waals surface area contributed by atoms with Gasteiger partial charge in [-0.05, 0) is 63.0 Å². The van der Waals surface area contributed by atoms with Crippen LogP contribution in [0.2, 0.25) is 5.02 Å². The number of aliphatic hydroxyl groups excluding tert-OH is 1. The van der Waals surface area contributed by atoms with E-state index in [2.05, 4.69) is 5.32 Å². The Bertz CT molecular complexity index is 936. The molecule has 1 aromatic rings. The number of nitrogens with one attached hydrogen (secondary N) is 1. The zero-order valence-electron chi connectivity index (χ0n) is 19.0. The molecule has 32 heavy (non-hydrogen) atoms. The van der Waals surface area contributed by atoms with E-state index in [-0.39, 0.29) is 25.3 Å². The second-order valence-corrected chi connectivity index (χ2v) is 8.01. The maximum absolute atomic E-state index is 12.4. The number of allylic oxidation sites excluding steroid dienone is 4. The van der Waals surface area contributed by atoms with Crippen LogP contribution in [0, 0.1) is 6.92 Å². The summed E-state index contributed by atoms with van der Waals surface area (Å²) in [5.41, 5.74) is 2.20. The molecule has 0 unspecified atom stereocenters. The average molecular weight is 463 g/mol. The molecule has 0 atom stereocenters. The lowest BCUT2D eigenvalue weighted by atomic mass is 10.1. The molecule has 1 aromatic carbocycles. The number of methoxy groups -OCH3 is 1. The average Bonchev–Trinajstić information content (AvgIpc) is 3.06. The summed E-state index contributed by atoms with van der Waals surface area (Å²) in [5.74, 6) is -0.0887. The maximum Gasteiger partial charge on any atom is 0.289 e. The zero-order valence-corrected chi connectivity index (χ0v) is 19.8. The molecule has 0 fully saturated rings. The van der Waals surface area contributed by atoms with Crippen LogP contribution < -0.4 is 5.32 Å². The molecular weight excluding hydrogens is 432 g/mol. The van der Waals surface area contributed by atoms with Gasteiger partial charge >= 0.3 is 0 Å². The van der Waals surface area contributed by atoms with Crippen LogP contribution in [0.3, 0.4) is 0 Å². The van der Waals surface area contributed by atoms with Gasteiger partial charge in [0.25, 0.3) is 11.8 Å². The van der Waals surface area contributed by atoms with Crippen molar-refractivity contribution < 1.29 is 24.2 Å². The first-order valence-corrected chi connectivity index (χ1v) is 10.9. The Morgan fingerprint density at radius 3 is 2.69 bits per heavy atom. The minimum Gasteiger partial charge on any atom is -0.503 e. The van der Waals surface area contributed by atoms with Crippen LogP contribution in [0.25, 0.3) is 0 Å². The highest BCUT2D eigenvalue weighted by Gasteiger charge is 2.33. The Hall–Kier alpha value is -2.93. The van der Waals surface area contributed by atoms with Crippen LogP contribution in [0.4, 0.5) is 0 Å². The maximum atomic E-state index is 12.4. The fourth-order valence-corrected chi connectivity index (χ4v) is 3.24. The molecule has 0 aliphatic carbocycles. The van der Waals surface area contributed by atoms with E-state index >= 15 is 0 Å². The number of halogens is 1. The highest BCUT2D eigenvalue weighted by molar-refractivity contribution is 6.31. The molecule has 0 saturated carbocycles. The summed E-state index contributed by atoms with van der Waals surface area (Å²) < 4.78 is 10.6. The minimum atomic E-state index is -0.565. The van der Waals surface area contributed by atoms with E-state index in [0.717, 1.165) is 28.3 Å². The van der Waals surface area contributed by atoms with Gasteiger partial charge in [-0.1, -0.05) is 23.7 Å². The molecule has 2 rings (SSSR count). The summed E-state index contributed by atoms with van der Waals surface area (Å²) in [5, 5.41) is 13.6. The number of rotatable bonds is 11. The van der Waals surface area contributed by atoms with Crippen molar-refractivity contribution in [2.24, 2.45) is 0 Å². The number of aliphatic hydroxyl groups is 1. The quantitative estimate of drug-likeness (QED) is 0.296. The lowest BCUT2D eigenvalue weighted by molar-refractivity contribution is -0.128. The summed E-state index contributed by atoms with van der Waals surface area (Å²) in [6, 6.07) is 5.91. The number of nitrogens with zero attached hydrogens (tertiary/aromatic N) is 1. The first kappa shape index (κ1) is 25.3. The molecule has 0 spiro atoms. The summed E-state index contributed by atoms with van der Waals surface area (Å²) in [4.78, 5) is 26.1. The Balaban J connectivity index is 1.76. The minimum absolute atomic E-state index is 0.0544. The number of hydrogen-bond acceptors (Lipinski definition) is 5. The van der Waals surface area contributed by atoms with E-state index < -0.39 is 17.6 Å². The van der Waals surface area contributed by atoms with Crippen LogP contribution in [-0.4, -0.2) is 55.2 Å². The topological polar surface area (TPSA) is 88.1 Å². The molecule has 1 aliphatic heterocycles. The van der Waals surface area contributed by atoms with Crippen molar-refractivity contribution in [3.05, 3.63) is 69.4 Å². The largest absolute Gasteiger partial charge is 0.503 e. The molecule has 0 bridgehead atoms. The monoisotopic (exact) mass is 462 g/mol. The van der Waals surface area contributed by atoms with E-state index in [1.807, 2.05) is 32.0 Å². The SMILES string of the molecule is CO/C(C)=C/C=C(\C)OCCN1CC(C(=O)NCCCc2ccc(C)c(Cl)c2)=C(O)C1=O. The van der Waals surface area contributed by atoms with Gasteiger partial charge < -0.3 is 24.8 Å². The summed E-state index contributed by atoms with van der Waals surface area (Å²) in [6.45, 7) is 6.55. The molecule has 7 nitrogen and oxygen atoms in total. The Morgan fingerprint density at radius 2 is 2.00 bits per heavy atom. The first-order chi connectivity index (χ1) is 15.2. The van der Waals surface area contributed by atoms with Gasteiger partial charge in [-0.15, -0.1) is 0 Å². The van der Waals surface area contributed by atoms with E-state index in [4.69, 9.17) is 21.1 Å². The van der Waals surface area contributed by atoms with Gasteiger partial charge in [0, 0.05) is 11.6 Å². The predicted molar refractivity (Wildman–Crippen MR) is 124 cm³/mol. The van der Waals surface area contributed by atoms with Crippen molar-refractivity contribution >= 4 is 23.4 Å². The fraction of sp³-hybridized carbons (Fsp3) is 0.417. The van der Waals surface area contributed by atoms with Crippen molar-refractivity contribution in [1.29, 1.82) is 0 Å². The smallest absolute Gasteiger partial charge is 0.289 e. The van der Waals surface area contributed by atoms with Crippen LogP contribution in [0.1, 0.15) is 31.4 Å².